The number of benzene rings is 1. The number of hydrogen-bond acceptors (Lipinski definition) is 7. The molecule has 208 valence electrons. The maximum absolute atomic E-state index is 12.6. The number of aldehydes is 1. The molecule has 4 N–H and O–H groups in total. The minimum Gasteiger partial charge on any atom is -0.398 e. The fraction of sp³-hybridized carbons (Fsp3) is 0.121. The lowest BCUT2D eigenvalue weighted by molar-refractivity contribution is -0.117. The molecule has 9 nitrogen and oxygen atoms in total. The zero-order valence-electron chi connectivity index (χ0n) is 23.4. The number of amides is 1. The van der Waals surface area contributed by atoms with Gasteiger partial charge in [-0.1, -0.05) is 18.1 Å². The third-order valence-corrected chi connectivity index (χ3v) is 6.75. The fourth-order valence-corrected chi connectivity index (χ4v) is 4.34. The first-order chi connectivity index (χ1) is 20.4. The van der Waals surface area contributed by atoms with E-state index in [0.29, 0.717) is 23.5 Å². The number of carbonyl (C=O) groups excluding carboxylic acids is 2. The van der Waals surface area contributed by atoms with Gasteiger partial charge in [-0.2, -0.15) is 0 Å². The van der Waals surface area contributed by atoms with Crippen molar-refractivity contribution in [1.29, 1.82) is 0 Å². The van der Waals surface area contributed by atoms with Crippen LogP contribution in [0.5, 0.6) is 0 Å². The highest BCUT2D eigenvalue weighted by atomic mass is 16.2. The number of allylic oxidation sites excluding steroid dienone is 1. The summed E-state index contributed by atoms with van der Waals surface area (Å²) < 4.78 is 2.02. The lowest BCUT2D eigenvalue weighted by Gasteiger charge is -2.13. The van der Waals surface area contributed by atoms with E-state index >= 15 is 0 Å². The average molecular weight is 556 g/mol. The Balaban J connectivity index is 1.67. The second kappa shape index (κ2) is 12.3. The molecule has 9 heteroatoms. The van der Waals surface area contributed by atoms with Crippen molar-refractivity contribution in [3.63, 3.8) is 0 Å². The van der Waals surface area contributed by atoms with Crippen molar-refractivity contribution >= 4 is 29.4 Å². The Hall–Kier alpha value is -5.59. The van der Waals surface area contributed by atoms with E-state index in [1.165, 1.54) is 6.08 Å². The van der Waals surface area contributed by atoms with Gasteiger partial charge >= 0.3 is 0 Å². The summed E-state index contributed by atoms with van der Waals surface area (Å²) in [4.78, 5) is 37.3. The second-order valence-electron chi connectivity index (χ2n) is 9.65. The second-order valence-corrected chi connectivity index (χ2v) is 9.65. The summed E-state index contributed by atoms with van der Waals surface area (Å²) in [5.41, 5.74) is 13.3. The molecule has 1 aromatic carbocycles. The van der Waals surface area contributed by atoms with Crippen LogP contribution in [0.4, 0.5) is 5.82 Å². The number of likely N-dealkylation sites (N-methyl/N-ethyl adjacent to an activating group) is 1. The predicted molar refractivity (Wildman–Crippen MR) is 164 cm³/mol. The molecule has 0 aliphatic heterocycles. The van der Waals surface area contributed by atoms with Crippen LogP contribution in [-0.4, -0.2) is 44.6 Å². The molecule has 0 saturated heterocycles. The minimum atomic E-state index is -0.402. The Morgan fingerprint density at radius 2 is 1.79 bits per heavy atom. The smallest absolute Gasteiger partial charge is 0.242 e. The number of aryl methyl sites for hydroxylation is 1. The maximum Gasteiger partial charge on any atom is 0.242 e. The zero-order valence-corrected chi connectivity index (χ0v) is 23.4. The van der Waals surface area contributed by atoms with Gasteiger partial charge in [-0.25, -0.2) is 9.97 Å². The van der Waals surface area contributed by atoms with Crippen molar-refractivity contribution in [2.75, 3.05) is 12.4 Å². The molecule has 0 saturated carbocycles. The SMILES string of the molecule is CNC(C)C(=O)Nc1ccc(-c2c(-c3ccncc3)nc3cc(C)ccn23)c(C#Cc2ccc(/C(N)=C/C=O)cc2)n1. The Labute approximate surface area is 243 Å². The van der Waals surface area contributed by atoms with Crippen LogP contribution in [0.1, 0.15) is 29.3 Å². The lowest BCUT2D eigenvalue weighted by Crippen LogP contribution is -2.35. The lowest BCUT2D eigenvalue weighted by atomic mass is 10.0. The largest absolute Gasteiger partial charge is 0.398 e. The summed E-state index contributed by atoms with van der Waals surface area (Å²) in [5.74, 6) is 6.57. The van der Waals surface area contributed by atoms with Crippen LogP contribution in [0.25, 0.3) is 33.9 Å². The number of fused-ring (bicyclic) bond motifs is 1. The number of aromatic nitrogens is 4. The summed E-state index contributed by atoms with van der Waals surface area (Å²) in [7, 11) is 1.72. The molecule has 0 aliphatic rings. The van der Waals surface area contributed by atoms with Gasteiger partial charge in [-0.3, -0.25) is 19.0 Å². The van der Waals surface area contributed by atoms with Crippen molar-refractivity contribution in [2.24, 2.45) is 5.73 Å². The number of pyridine rings is 3. The number of nitrogens with two attached hydrogens (primary N) is 1. The highest BCUT2D eigenvalue weighted by molar-refractivity contribution is 5.94. The van der Waals surface area contributed by atoms with Gasteiger partial charge in [0.1, 0.15) is 23.4 Å². The number of nitrogens with zero attached hydrogens (tertiary/aromatic N) is 4. The summed E-state index contributed by atoms with van der Waals surface area (Å²) in [6, 6.07) is 18.4. The number of rotatable bonds is 7. The minimum absolute atomic E-state index is 0.212. The maximum atomic E-state index is 12.6. The Kier molecular flexibility index (Phi) is 8.18. The van der Waals surface area contributed by atoms with Crippen molar-refractivity contribution in [3.05, 3.63) is 108 Å². The van der Waals surface area contributed by atoms with Crippen molar-refractivity contribution in [3.8, 4) is 34.4 Å². The summed E-state index contributed by atoms with van der Waals surface area (Å²) >= 11 is 0. The Morgan fingerprint density at radius 3 is 2.50 bits per heavy atom. The summed E-state index contributed by atoms with van der Waals surface area (Å²) in [6.07, 6.45) is 7.41. The van der Waals surface area contributed by atoms with Gasteiger partial charge in [0.05, 0.1) is 17.4 Å². The van der Waals surface area contributed by atoms with Gasteiger partial charge < -0.3 is 16.4 Å². The first kappa shape index (κ1) is 28.0. The van der Waals surface area contributed by atoms with Gasteiger partial charge in [0, 0.05) is 47.1 Å². The number of carbonyl (C=O) groups is 2. The van der Waals surface area contributed by atoms with E-state index in [-0.39, 0.29) is 5.91 Å². The third kappa shape index (κ3) is 5.94. The fourth-order valence-electron chi connectivity index (χ4n) is 4.34. The van der Waals surface area contributed by atoms with Crippen LogP contribution in [0.2, 0.25) is 0 Å². The number of hydrogen-bond donors (Lipinski definition) is 3. The van der Waals surface area contributed by atoms with E-state index in [1.807, 2.05) is 60.0 Å². The van der Waals surface area contributed by atoms with Gasteiger partial charge in [0.2, 0.25) is 5.91 Å². The van der Waals surface area contributed by atoms with Gasteiger partial charge in [-0.15, -0.1) is 0 Å². The molecule has 4 heterocycles. The first-order valence-corrected chi connectivity index (χ1v) is 13.3. The van der Waals surface area contributed by atoms with Crippen molar-refractivity contribution < 1.29 is 9.59 Å². The van der Waals surface area contributed by atoms with Crippen LogP contribution in [0, 0.1) is 18.8 Å². The molecule has 0 spiro atoms. The van der Waals surface area contributed by atoms with Crippen molar-refractivity contribution in [2.45, 2.75) is 19.9 Å². The van der Waals surface area contributed by atoms with Gasteiger partial charge in [-0.05, 0) is 86.5 Å². The molecule has 42 heavy (non-hydrogen) atoms. The Bertz CT molecular complexity index is 1860. The van der Waals surface area contributed by atoms with Gasteiger partial charge in [0.25, 0.3) is 0 Å². The van der Waals surface area contributed by atoms with Crippen molar-refractivity contribution in [1.82, 2.24) is 24.7 Å². The Morgan fingerprint density at radius 1 is 1.02 bits per heavy atom. The molecule has 0 aliphatic carbocycles. The zero-order chi connectivity index (χ0) is 29.6. The van der Waals surface area contributed by atoms with E-state index in [0.717, 1.165) is 44.9 Å². The highest BCUT2D eigenvalue weighted by Crippen LogP contribution is 2.34. The molecule has 0 radical (unpaired) electrons. The average Bonchev–Trinajstić information content (AvgIpc) is 3.38. The molecule has 5 rings (SSSR count). The number of nitrogens with one attached hydrogen (secondary N) is 2. The molecule has 0 bridgehead atoms. The number of anilines is 1. The molecule has 0 fully saturated rings. The van der Waals surface area contributed by atoms with Gasteiger partial charge in [0.15, 0.2) is 0 Å². The molecule has 5 aromatic rings. The van der Waals surface area contributed by atoms with Crippen LogP contribution >= 0.6 is 0 Å². The van der Waals surface area contributed by atoms with Crippen LogP contribution in [-0.2, 0) is 9.59 Å². The molecular weight excluding hydrogens is 526 g/mol. The van der Waals surface area contributed by atoms with E-state index in [4.69, 9.17) is 15.7 Å². The first-order valence-electron chi connectivity index (χ1n) is 13.3. The van der Waals surface area contributed by atoms with E-state index in [2.05, 4.69) is 27.5 Å². The molecule has 1 amide bonds. The molecule has 1 atom stereocenters. The van der Waals surface area contributed by atoms with E-state index in [1.54, 1.807) is 44.6 Å². The predicted octanol–water partition coefficient (Wildman–Crippen LogP) is 4.21. The molecular formula is C33H29N7O2. The van der Waals surface area contributed by atoms with Crippen LogP contribution < -0.4 is 16.4 Å². The van der Waals surface area contributed by atoms with E-state index in [9.17, 15) is 9.59 Å². The molecule has 4 aromatic heterocycles. The normalized spacial score (nSPS) is 11.9. The highest BCUT2D eigenvalue weighted by Gasteiger charge is 2.20. The van der Waals surface area contributed by atoms with Crippen LogP contribution in [0.15, 0.2) is 85.3 Å². The molecule has 1 unspecified atom stereocenters. The number of imidazole rings is 1. The standard InChI is InChI=1S/C33H29N7O2/c1-21-14-18-40-30(20-21)39-31(25-12-16-36-17-13-25)32(40)26-9-11-29(38-33(42)22(2)35-3)37-28(26)10-6-23-4-7-24(8-5-23)27(34)15-19-41/h4-5,7-9,11-20,22,35H,34H2,1-3H3,(H,37,38,42)/b27-15-. The quantitative estimate of drug-likeness (QED) is 0.156. The monoisotopic (exact) mass is 555 g/mol. The summed E-state index contributed by atoms with van der Waals surface area (Å²) in [5, 5.41) is 5.80. The van der Waals surface area contributed by atoms with Crippen LogP contribution in [0.3, 0.4) is 0 Å². The third-order valence-electron chi connectivity index (χ3n) is 6.75. The summed E-state index contributed by atoms with van der Waals surface area (Å²) in [6.45, 7) is 3.79. The topological polar surface area (TPSA) is 127 Å². The van der Waals surface area contributed by atoms with E-state index < -0.39 is 6.04 Å².